The Morgan fingerprint density at radius 2 is 1.90 bits per heavy atom. The minimum atomic E-state index is -2.58. The number of fused-ring (bicyclic) bond motifs is 2. The van der Waals surface area contributed by atoms with Crippen LogP contribution >= 0.6 is 0 Å². The fraction of sp³-hybridized carbons (Fsp3) is 0.360. The first kappa shape index (κ1) is 25.3. The molecule has 0 radical (unpaired) electrons. The van der Waals surface area contributed by atoms with E-state index in [2.05, 4.69) is 30.1 Å². The number of carbonyl (C=O) groups is 1. The normalized spacial score (nSPS) is 19.7. The molecule has 204 valence electrons. The van der Waals surface area contributed by atoms with Crippen molar-refractivity contribution in [1.82, 2.24) is 33.6 Å². The molecule has 1 N–H and O–H groups in total. The number of amides is 1. The summed E-state index contributed by atoms with van der Waals surface area (Å²) in [4.78, 5) is 60.7. The summed E-state index contributed by atoms with van der Waals surface area (Å²) in [6, 6.07) is 4.09. The number of hydrogen-bond donors (Lipinski definition) is 1. The second kappa shape index (κ2) is 9.04. The summed E-state index contributed by atoms with van der Waals surface area (Å²) in [7, 11) is 1.43. The summed E-state index contributed by atoms with van der Waals surface area (Å²) in [5.74, 6) is -3.72. The molecule has 5 heterocycles. The van der Waals surface area contributed by atoms with E-state index in [1.807, 2.05) is 0 Å². The summed E-state index contributed by atoms with van der Waals surface area (Å²) < 4.78 is 30.3. The molecule has 2 unspecified atom stereocenters. The third kappa shape index (κ3) is 3.91. The molecule has 15 heteroatoms. The first-order chi connectivity index (χ1) is 19.1. The van der Waals surface area contributed by atoms with Crippen molar-refractivity contribution in [2.45, 2.75) is 25.6 Å². The smallest absolute Gasteiger partial charge is 0.338 e. The highest BCUT2D eigenvalue weighted by Crippen LogP contribution is 2.59. The zero-order valence-electron chi connectivity index (χ0n) is 21.3. The lowest BCUT2D eigenvalue weighted by atomic mass is 10.2. The third-order valence-electron chi connectivity index (χ3n) is 7.48. The maximum absolute atomic E-state index is 13.5. The van der Waals surface area contributed by atoms with Gasteiger partial charge in [-0.05, 0) is 19.1 Å². The predicted molar refractivity (Wildman–Crippen MR) is 139 cm³/mol. The average Bonchev–Trinajstić information content (AvgIpc) is 3.38. The Kier molecular flexibility index (Phi) is 5.71. The van der Waals surface area contributed by atoms with Crippen LogP contribution in [0.5, 0.6) is 0 Å². The van der Waals surface area contributed by atoms with Crippen LogP contribution in [0.15, 0.2) is 46.5 Å². The van der Waals surface area contributed by atoms with Gasteiger partial charge >= 0.3 is 5.69 Å². The van der Waals surface area contributed by atoms with Crippen molar-refractivity contribution in [2.75, 3.05) is 23.3 Å². The van der Waals surface area contributed by atoms with Crippen LogP contribution in [0.3, 0.4) is 0 Å². The lowest BCUT2D eigenvalue weighted by Crippen LogP contribution is -2.39. The van der Waals surface area contributed by atoms with Crippen molar-refractivity contribution in [2.24, 2.45) is 18.9 Å². The van der Waals surface area contributed by atoms with E-state index in [1.165, 1.54) is 17.9 Å². The van der Waals surface area contributed by atoms with Crippen LogP contribution in [0.1, 0.15) is 13.0 Å². The highest BCUT2D eigenvalue weighted by atomic mass is 19.3. The van der Waals surface area contributed by atoms with Gasteiger partial charge in [0.1, 0.15) is 11.9 Å². The minimum absolute atomic E-state index is 0.0198. The maximum atomic E-state index is 13.5. The van der Waals surface area contributed by atoms with E-state index in [0.29, 0.717) is 17.2 Å². The number of nitrogens with one attached hydrogen (secondary N) is 1. The number of carbonyl (C=O) groups excluding carboxylic acids is 1. The maximum Gasteiger partial charge on any atom is 0.338 e. The van der Waals surface area contributed by atoms with Gasteiger partial charge in [0.2, 0.25) is 11.9 Å². The lowest BCUT2D eigenvalue weighted by molar-refractivity contribution is -0.118. The Morgan fingerprint density at radius 1 is 1.20 bits per heavy atom. The molecule has 4 aromatic heterocycles. The number of hydrogen-bond acceptors (Lipinski definition) is 8. The molecule has 1 aliphatic heterocycles. The van der Waals surface area contributed by atoms with Gasteiger partial charge in [-0.15, -0.1) is 0 Å². The monoisotopic (exact) mass is 548 g/mol. The number of piperidine rings is 1. The number of imidazole rings is 1. The summed E-state index contributed by atoms with van der Waals surface area (Å²) in [6.07, 6.45) is 4.40. The zero-order valence-corrected chi connectivity index (χ0v) is 21.3. The second-order valence-corrected chi connectivity index (χ2v) is 9.84. The Morgan fingerprint density at radius 3 is 2.58 bits per heavy atom. The topological polar surface area (TPSA) is 137 Å². The van der Waals surface area contributed by atoms with E-state index in [-0.39, 0.29) is 30.1 Å². The highest BCUT2D eigenvalue weighted by Gasteiger charge is 2.72. The van der Waals surface area contributed by atoms with E-state index < -0.39 is 47.6 Å². The first-order valence-corrected chi connectivity index (χ1v) is 12.3. The van der Waals surface area contributed by atoms with Crippen molar-refractivity contribution in [3.8, 4) is 11.3 Å². The highest BCUT2D eigenvalue weighted by molar-refractivity contribution is 5.93. The second-order valence-electron chi connectivity index (χ2n) is 9.84. The molecule has 6 rings (SSSR count). The number of alkyl halides is 2. The number of aromatic nitrogens is 7. The van der Waals surface area contributed by atoms with Crippen molar-refractivity contribution in [3.05, 3.63) is 69.2 Å². The summed E-state index contributed by atoms with van der Waals surface area (Å²) >= 11 is 0. The van der Waals surface area contributed by atoms with Crippen molar-refractivity contribution in [1.29, 1.82) is 0 Å². The number of pyridine rings is 1. The van der Waals surface area contributed by atoms with Crippen molar-refractivity contribution < 1.29 is 13.6 Å². The molecule has 13 nitrogen and oxygen atoms in total. The molecule has 1 saturated heterocycles. The van der Waals surface area contributed by atoms with E-state index in [0.717, 1.165) is 9.13 Å². The minimum Gasteiger partial charge on any atom is -0.340 e. The van der Waals surface area contributed by atoms with Crippen LogP contribution in [0, 0.1) is 18.4 Å². The molecule has 0 aromatic carbocycles. The van der Waals surface area contributed by atoms with Gasteiger partial charge in [0.05, 0.1) is 23.9 Å². The first-order valence-electron chi connectivity index (χ1n) is 12.3. The fourth-order valence-corrected chi connectivity index (χ4v) is 5.09. The van der Waals surface area contributed by atoms with Gasteiger partial charge in [0.15, 0.2) is 11.2 Å². The Bertz CT molecular complexity index is 1810. The molecule has 4 aromatic rings. The van der Waals surface area contributed by atoms with Gasteiger partial charge in [-0.1, -0.05) is 6.07 Å². The zero-order chi connectivity index (χ0) is 28.3. The van der Waals surface area contributed by atoms with Crippen LogP contribution < -0.4 is 21.5 Å². The molecule has 3 atom stereocenters. The van der Waals surface area contributed by atoms with Crippen LogP contribution in [-0.2, 0) is 18.5 Å². The molecule has 0 bridgehead atoms. The summed E-state index contributed by atoms with van der Waals surface area (Å²) in [5, 5.41) is 2.72. The van der Waals surface area contributed by atoms with Crippen LogP contribution in [-0.4, -0.2) is 58.6 Å². The number of anilines is 2. The van der Waals surface area contributed by atoms with Crippen LogP contribution in [0.25, 0.3) is 27.3 Å². The molecule has 2 aliphatic rings. The summed E-state index contributed by atoms with van der Waals surface area (Å²) in [6.45, 7) is 8.61. The lowest BCUT2D eigenvalue weighted by Gasteiger charge is -2.19. The van der Waals surface area contributed by atoms with Gasteiger partial charge in [-0.2, -0.15) is 4.57 Å². The third-order valence-corrected chi connectivity index (χ3v) is 7.48. The molecular formula is C25H22F2N10O3. The molecule has 1 saturated carbocycles. The molecule has 1 amide bonds. The van der Waals surface area contributed by atoms with Crippen LogP contribution in [0.4, 0.5) is 20.5 Å². The van der Waals surface area contributed by atoms with Gasteiger partial charge in [-0.25, -0.2) is 40.1 Å². The Hall–Kier alpha value is -5.00. The number of halogens is 2. The van der Waals surface area contributed by atoms with Gasteiger partial charge in [0, 0.05) is 38.1 Å². The molecule has 2 fully saturated rings. The van der Waals surface area contributed by atoms with E-state index in [9.17, 15) is 23.2 Å². The predicted octanol–water partition coefficient (Wildman–Crippen LogP) is 1.53. The van der Waals surface area contributed by atoms with Crippen molar-refractivity contribution >= 4 is 28.8 Å². The Labute approximate surface area is 224 Å². The fourth-order valence-electron chi connectivity index (χ4n) is 5.09. The molecular weight excluding hydrogens is 526 g/mol. The number of aryl methyl sites for hydroxylation is 1. The number of rotatable bonds is 6. The Balaban J connectivity index is 1.20. The van der Waals surface area contributed by atoms with Gasteiger partial charge < -0.3 is 14.8 Å². The van der Waals surface area contributed by atoms with Crippen molar-refractivity contribution in [3.63, 3.8) is 0 Å². The standard InChI is InChI=1S/C25H22F2N10O3/c1-13(36-12-31-20-19(36)22(39)37(11-28-2)24(40)34(20)3)21(38)33-18-6-4-5-17(32-18)14-7-29-23(30-8-14)35-9-15-16(10-35)25(15,26)27/h4-8,12-13,15-16H,9-11H2,1,3H3,(H,32,33,38)/t13-,15?,16?/m0/s1. The van der Waals surface area contributed by atoms with Gasteiger partial charge in [-0.3, -0.25) is 19.0 Å². The largest absolute Gasteiger partial charge is 0.340 e. The summed E-state index contributed by atoms with van der Waals surface area (Å²) in [5.41, 5.74) is -0.213. The molecule has 0 spiro atoms. The molecule has 1 aliphatic carbocycles. The quantitative estimate of drug-likeness (QED) is 0.358. The average molecular weight is 549 g/mol. The van der Waals surface area contributed by atoms with Crippen LogP contribution in [0.2, 0.25) is 0 Å². The SMILES string of the molecule is [C-]#[N+]Cn1c(=O)c2c(ncn2[C@@H](C)C(=O)Nc2cccc(-c3cnc(N4CC5C(C4)C5(F)F)nc3)n2)n(C)c1=O. The van der Waals surface area contributed by atoms with E-state index >= 15 is 0 Å². The van der Waals surface area contributed by atoms with E-state index in [4.69, 9.17) is 6.57 Å². The molecule has 40 heavy (non-hydrogen) atoms. The van der Waals surface area contributed by atoms with Gasteiger partial charge in [0.25, 0.3) is 18.2 Å². The number of nitrogens with zero attached hydrogens (tertiary/aromatic N) is 9. The van der Waals surface area contributed by atoms with E-state index in [1.54, 1.807) is 42.4 Å².